The normalized spacial score (nSPS) is 24.2. The fraction of sp³-hybridized carbons (Fsp3) is 0.533. The zero-order valence-electron chi connectivity index (χ0n) is 12.1. The molecule has 3 rings (SSSR count). The zero-order valence-corrected chi connectivity index (χ0v) is 12.9. The van der Waals surface area contributed by atoms with E-state index < -0.39 is 0 Å². The minimum atomic E-state index is 0.297. The largest absolute Gasteiger partial charge is 0.409 e. The Morgan fingerprint density at radius 2 is 1.95 bits per heavy atom. The van der Waals surface area contributed by atoms with Crippen molar-refractivity contribution in [2.75, 3.05) is 39.3 Å². The summed E-state index contributed by atoms with van der Waals surface area (Å²) in [6.45, 7) is 5.81. The maximum absolute atomic E-state index is 8.62. The molecule has 5 nitrogen and oxygen atoms in total. The van der Waals surface area contributed by atoms with Crippen molar-refractivity contribution in [1.82, 2.24) is 9.80 Å². The summed E-state index contributed by atoms with van der Waals surface area (Å²) in [4.78, 5) is 6.22. The second-order valence-corrected chi connectivity index (χ2v) is 7.06. The molecule has 2 aliphatic rings. The lowest BCUT2D eigenvalue weighted by Crippen LogP contribution is -2.50. The summed E-state index contributed by atoms with van der Waals surface area (Å²) < 4.78 is 0. The van der Waals surface area contributed by atoms with Gasteiger partial charge in [-0.2, -0.15) is 0 Å². The van der Waals surface area contributed by atoms with Crippen molar-refractivity contribution in [2.45, 2.75) is 16.6 Å². The lowest BCUT2D eigenvalue weighted by atomic mass is 10.1. The van der Waals surface area contributed by atoms with Gasteiger partial charge in [-0.1, -0.05) is 23.4 Å². The Balaban J connectivity index is 1.45. The van der Waals surface area contributed by atoms with Gasteiger partial charge in [0.05, 0.1) is 6.54 Å². The topological polar surface area (TPSA) is 65.1 Å². The molecule has 3 N–H and O–H groups in total. The van der Waals surface area contributed by atoms with Crippen LogP contribution >= 0.6 is 11.8 Å². The van der Waals surface area contributed by atoms with Gasteiger partial charge in [0.15, 0.2) is 5.84 Å². The van der Waals surface area contributed by atoms with E-state index in [1.54, 1.807) is 0 Å². The summed E-state index contributed by atoms with van der Waals surface area (Å²) >= 11 is 2.02. The van der Waals surface area contributed by atoms with Crippen LogP contribution in [0.2, 0.25) is 0 Å². The fourth-order valence-corrected chi connectivity index (χ4v) is 4.40. The van der Waals surface area contributed by atoms with Crippen molar-refractivity contribution in [3.8, 4) is 0 Å². The molecule has 1 aromatic rings. The van der Waals surface area contributed by atoms with Crippen LogP contribution < -0.4 is 5.73 Å². The molecule has 1 atom stereocenters. The van der Waals surface area contributed by atoms with E-state index in [-0.39, 0.29) is 0 Å². The molecule has 2 heterocycles. The highest BCUT2D eigenvalue weighted by Gasteiger charge is 2.25. The average Bonchev–Trinajstić information content (AvgIpc) is 2.91. The molecule has 1 unspecified atom stereocenters. The molecule has 0 bridgehead atoms. The van der Waals surface area contributed by atoms with Gasteiger partial charge in [0.1, 0.15) is 0 Å². The highest BCUT2D eigenvalue weighted by Crippen LogP contribution is 2.37. The first-order chi connectivity index (χ1) is 10.2. The SMILES string of the molecule is NC(CN1CCN(CC2Cc3ccccc3S2)CC1)=NO. The molecule has 2 aliphatic heterocycles. The van der Waals surface area contributed by atoms with Gasteiger partial charge in [0.25, 0.3) is 0 Å². The van der Waals surface area contributed by atoms with Crippen LogP contribution in [0.1, 0.15) is 5.56 Å². The van der Waals surface area contributed by atoms with Crippen LogP contribution in [0.5, 0.6) is 0 Å². The van der Waals surface area contributed by atoms with Crippen molar-refractivity contribution in [2.24, 2.45) is 10.9 Å². The molecule has 0 spiro atoms. The highest BCUT2D eigenvalue weighted by atomic mass is 32.2. The van der Waals surface area contributed by atoms with E-state index in [0.717, 1.165) is 32.7 Å². The second-order valence-electron chi connectivity index (χ2n) is 5.72. The van der Waals surface area contributed by atoms with Crippen LogP contribution in [-0.2, 0) is 6.42 Å². The molecule has 0 aromatic heterocycles. The van der Waals surface area contributed by atoms with Crippen LogP contribution in [0.25, 0.3) is 0 Å². The number of hydrogen-bond acceptors (Lipinski definition) is 5. The molecule has 0 saturated carbocycles. The number of piperazine rings is 1. The van der Waals surface area contributed by atoms with Crippen LogP contribution in [0.4, 0.5) is 0 Å². The quantitative estimate of drug-likeness (QED) is 0.377. The third-order valence-corrected chi connectivity index (χ3v) is 5.46. The number of thioether (sulfide) groups is 1. The number of fused-ring (bicyclic) bond motifs is 1. The van der Waals surface area contributed by atoms with Gasteiger partial charge >= 0.3 is 0 Å². The van der Waals surface area contributed by atoms with Crippen molar-refractivity contribution >= 4 is 17.6 Å². The Labute approximate surface area is 129 Å². The minimum Gasteiger partial charge on any atom is -0.409 e. The molecule has 114 valence electrons. The van der Waals surface area contributed by atoms with Crippen molar-refractivity contribution < 1.29 is 5.21 Å². The maximum Gasteiger partial charge on any atom is 0.153 e. The van der Waals surface area contributed by atoms with Crippen molar-refractivity contribution in [1.29, 1.82) is 0 Å². The number of rotatable bonds is 4. The minimum absolute atomic E-state index is 0.297. The lowest BCUT2D eigenvalue weighted by molar-refractivity contribution is 0.145. The Morgan fingerprint density at radius 3 is 2.67 bits per heavy atom. The first kappa shape index (κ1) is 14.7. The second kappa shape index (κ2) is 6.68. The van der Waals surface area contributed by atoms with Gasteiger partial charge in [-0.05, 0) is 18.1 Å². The molecule has 0 radical (unpaired) electrons. The first-order valence-corrected chi connectivity index (χ1v) is 8.28. The summed E-state index contributed by atoms with van der Waals surface area (Å²) in [5.41, 5.74) is 7.06. The molecule has 6 heteroatoms. The summed E-state index contributed by atoms with van der Waals surface area (Å²) in [5, 5.41) is 12.3. The van der Waals surface area contributed by atoms with Gasteiger partial charge in [0.2, 0.25) is 0 Å². The Hall–Kier alpha value is -1.24. The van der Waals surface area contributed by atoms with Crippen LogP contribution in [0.3, 0.4) is 0 Å². The fourth-order valence-electron chi connectivity index (χ4n) is 3.03. The molecule has 0 aliphatic carbocycles. The third kappa shape index (κ3) is 3.70. The van der Waals surface area contributed by atoms with Gasteiger partial charge in [-0.3, -0.25) is 9.80 Å². The van der Waals surface area contributed by atoms with Crippen LogP contribution in [-0.4, -0.2) is 65.4 Å². The Kier molecular flexibility index (Phi) is 4.67. The first-order valence-electron chi connectivity index (χ1n) is 7.40. The standard InChI is InChI=1S/C15H22N4OS/c16-15(17-20)11-19-7-5-18(6-8-19)10-13-9-12-3-1-2-4-14(12)21-13/h1-4,13,20H,5-11H2,(H2,16,17). The number of amidine groups is 1. The Morgan fingerprint density at radius 1 is 1.24 bits per heavy atom. The average molecular weight is 306 g/mol. The van der Waals surface area contributed by atoms with Crippen LogP contribution in [0, 0.1) is 0 Å². The van der Waals surface area contributed by atoms with Crippen LogP contribution in [0.15, 0.2) is 34.3 Å². The molecule has 0 amide bonds. The van der Waals surface area contributed by atoms with Crippen molar-refractivity contribution in [3.05, 3.63) is 29.8 Å². The van der Waals surface area contributed by atoms with Gasteiger partial charge < -0.3 is 10.9 Å². The number of hydrogen-bond donors (Lipinski definition) is 2. The predicted octanol–water partition coefficient (Wildman–Crippen LogP) is 1.07. The number of nitrogens with zero attached hydrogens (tertiary/aromatic N) is 3. The molecule has 1 fully saturated rings. The summed E-state index contributed by atoms with van der Waals surface area (Å²) in [6, 6.07) is 8.74. The highest BCUT2D eigenvalue weighted by molar-refractivity contribution is 8.00. The predicted molar refractivity (Wildman–Crippen MR) is 86.1 cm³/mol. The Bertz CT molecular complexity index is 489. The van der Waals surface area contributed by atoms with Gasteiger partial charge in [-0.15, -0.1) is 11.8 Å². The molecule has 21 heavy (non-hydrogen) atoms. The summed E-state index contributed by atoms with van der Waals surface area (Å²) in [5.74, 6) is 0.297. The zero-order chi connectivity index (χ0) is 14.7. The molecule has 1 aromatic carbocycles. The third-order valence-electron chi connectivity index (χ3n) is 4.15. The molecule has 1 saturated heterocycles. The van der Waals surface area contributed by atoms with E-state index in [1.807, 2.05) is 11.8 Å². The number of oxime groups is 1. The van der Waals surface area contributed by atoms with E-state index >= 15 is 0 Å². The van der Waals surface area contributed by atoms with Crippen molar-refractivity contribution in [3.63, 3.8) is 0 Å². The van der Waals surface area contributed by atoms with E-state index in [9.17, 15) is 0 Å². The number of nitrogens with two attached hydrogens (primary N) is 1. The monoisotopic (exact) mass is 306 g/mol. The molecular weight excluding hydrogens is 284 g/mol. The van der Waals surface area contributed by atoms with Gasteiger partial charge in [-0.25, -0.2) is 0 Å². The summed E-state index contributed by atoms with van der Waals surface area (Å²) in [6.07, 6.45) is 1.19. The van der Waals surface area contributed by atoms with Gasteiger partial charge in [0, 0.05) is 42.9 Å². The van der Waals surface area contributed by atoms with E-state index in [1.165, 1.54) is 16.9 Å². The summed E-state index contributed by atoms with van der Waals surface area (Å²) in [7, 11) is 0. The molecular formula is C15H22N4OS. The van der Waals surface area contributed by atoms with E-state index in [0.29, 0.717) is 17.6 Å². The lowest BCUT2D eigenvalue weighted by Gasteiger charge is -2.35. The smallest absolute Gasteiger partial charge is 0.153 e. The number of benzene rings is 1. The van der Waals surface area contributed by atoms with E-state index in [4.69, 9.17) is 10.9 Å². The van der Waals surface area contributed by atoms with E-state index in [2.05, 4.69) is 39.2 Å². The maximum atomic E-state index is 8.62.